The fourth-order valence-corrected chi connectivity index (χ4v) is 1.37. The van der Waals surface area contributed by atoms with Crippen molar-refractivity contribution in [3.8, 4) is 17.1 Å². The van der Waals surface area contributed by atoms with Crippen LogP contribution in [-0.2, 0) is 6.54 Å². The SMILES string of the molecule is COc1cccc(-c2ncc(CN)cn2)c1. The highest BCUT2D eigenvalue weighted by atomic mass is 16.5. The van der Waals surface area contributed by atoms with Crippen molar-refractivity contribution in [1.82, 2.24) is 9.97 Å². The summed E-state index contributed by atoms with van der Waals surface area (Å²) in [6.45, 7) is 0.457. The summed E-state index contributed by atoms with van der Waals surface area (Å²) in [7, 11) is 1.64. The van der Waals surface area contributed by atoms with Crippen LogP contribution in [0.25, 0.3) is 11.4 Å². The average molecular weight is 215 g/mol. The molecule has 1 aromatic carbocycles. The highest BCUT2D eigenvalue weighted by Crippen LogP contribution is 2.20. The van der Waals surface area contributed by atoms with Crippen molar-refractivity contribution in [1.29, 1.82) is 0 Å². The van der Waals surface area contributed by atoms with Crippen molar-refractivity contribution < 1.29 is 4.74 Å². The van der Waals surface area contributed by atoms with E-state index in [0.29, 0.717) is 12.4 Å². The van der Waals surface area contributed by atoms with Crippen LogP contribution in [0.5, 0.6) is 5.75 Å². The number of rotatable bonds is 3. The van der Waals surface area contributed by atoms with Gasteiger partial charge in [-0.15, -0.1) is 0 Å². The van der Waals surface area contributed by atoms with E-state index < -0.39 is 0 Å². The normalized spacial score (nSPS) is 10.1. The molecule has 0 fully saturated rings. The number of nitrogens with zero attached hydrogens (tertiary/aromatic N) is 2. The van der Waals surface area contributed by atoms with Crippen LogP contribution < -0.4 is 10.5 Å². The van der Waals surface area contributed by atoms with Gasteiger partial charge in [-0.1, -0.05) is 12.1 Å². The zero-order valence-electron chi connectivity index (χ0n) is 9.05. The third kappa shape index (κ3) is 2.17. The number of aromatic nitrogens is 2. The maximum Gasteiger partial charge on any atom is 0.159 e. The lowest BCUT2D eigenvalue weighted by atomic mass is 10.2. The first kappa shape index (κ1) is 10.6. The van der Waals surface area contributed by atoms with E-state index in [4.69, 9.17) is 10.5 Å². The highest BCUT2D eigenvalue weighted by Gasteiger charge is 2.02. The fourth-order valence-electron chi connectivity index (χ4n) is 1.37. The van der Waals surface area contributed by atoms with Crippen LogP contribution in [0.15, 0.2) is 36.7 Å². The van der Waals surface area contributed by atoms with Gasteiger partial charge in [-0.3, -0.25) is 0 Å². The van der Waals surface area contributed by atoms with Crippen LogP contribution in [-0.4, -0.2) is 17.1 Å². The second-order valence-electron chi connectivity index (χ2n) is 3.35. The van der Waals surface area contributed by atoms with Crippen molar-refractivity contribution in [3.63, 3.8) is 0 Å². The summed E-state index contributed by atoms with van der Waals surface area (Å²) in [5.74, 6) is 1.47. The minimum absolute atomic E-state index is 0.457. The summed E-state index contributed by atoms with van der Waals surface area (Å²) >= 11 is 0. The number of hydrogen-bond donors (Lipinski definition) is 1. The fraction of sp³-hybridized carbons (Fsp3) is 0.167. The first-order valence-corrected chi connectivity index (χ1v) is 4.99. The average Bonchev–Trinajstić information content (AvgIpc) is 2.39. The largest absolute Gasteiger partial charge is 0.497 e. The summed E-state index contributed by atoms with van der Waals surface area (Å²) in [6.07, 6.45) is 3.48. The van der Waals surface area contributed by atoms with Crippen LogP contribution in [0.3, 0.4) is 0 Å². The van der Waals surface area contributed by atoms with Crippen molar-refractivity contribution in [3.05, 3.63) is 42.2 Å². The molecular formula is C12H13N3O. The first-order valence-electron chi connectivity index (χ1n) is 4.99. The van der Waals surface area contributed by atoms with Crippen LogP contribution >= 0.6 is 0 Å². The third-order valence-electron chi connectivity index (χ3n) is 2.27. The van der Waals surface area contributed by atoms with Gasteiger partial charge in [0.2, 0.25) is 0 Å². The van der Waals surface area contributed by atoms with Gasteiger partial charge < -0.3 is 10.5 Å². The molecule has 0 saturated heterocycles. The molecule has 0 aliphatic carbocycles. The Bertz CT molecular complexity index is 468. The van der Waals surface area contributed by atoms with Crippen molar-refractivity contribution in [2.24, 2.45) is 5.73 Å². The molecule has 0 radical (unpaired) electrons. The molecule has 4 heteroatoms. The summed E-state index contributed by atoms with van der Waals surface area (Å²) in [5, 5.41) is 0. The van der Waals surface area contributed by atoms with E-state index >= 15 is 0 Å². The minimum atomic E-state index is 0.457. The second-order valence-corrected chi connectivity index (χ2v) is 3.35. The molecule has 2 rings (SSSR count). The lowest BCUT2D eigenvalue weighted by molar-refractivity contribution is 0.415. The molecule has 0 atom stereocenters. The third-order valence-corrected chi connectivity index (χ3v) is 2.27. The summed E-state index contributed by atoms with van der Waals surface area (Å²) in [4.78, 5) is 8.50. The predicted octanol–water partition coefficient (Wildman–Crippen LogP) is 1.61. The lowest BCUT2D eigenvalue weighted by Crippen LogP contribution is -1.99. The molecule has 82 valence electrons. The van der Waals surface area contributed by atoms with E-state index in [1.165, 1.54) is 0 Å². The number of nitrogens with two attached hydrogens (primary N) is 1. The van der Waals surface area contributed by atoms with Gasteiger partial charge in [-0.25, -0.2) is 9.97 Å². The zero-order chi connectivity index (χ0) is 11.4. The Kier molecular flexibility index (Phi) is 3.12. The Balaban J connectivity index is 2.34. The number of hydrogen-bond acceptors (Lipinski definition) is 4. The molecule has 0 amide bonds. The quantitative estimate of drug-likeness (QED) is 0.845. The maximum atomic E-state index is 5.48. The van der Waals surface area contributed by atoms with Gasteiger partial charge >= 0.3 is 0 Å². The highest BCUT2D eigenvalue weighted by molar-refractivity contribution is 5.57. The molecule has 0 aliphatic rings. The van der Waals surface area contributed by atoms with Crippen LogP contribution in [0.1, 0.15) is 5.56 Å². The minimum Gasteiger partial charge on any atom is -0.497 e. The molecule has 2 N–H and O–H groups in total. The lowest BCUT2D eigenvalue weighted by Gasteiger charge is -2.03. The van der Waals surface area contributed by atoms with Crippen LogP contribution in [0.4, 0.5) is 0 Å². The number of methoxy groups -OCH3 is 1. The zero-order valence-corrected chi connectivity index (χ0v) is 9.05. The molecule has 2 aromatic rings. The van der Waals surface area contributed by atoms with Crippen LogP contribution in [0.2, 0.25) is 0 Å². The van der Waals surface area contributed by atoms with E-state index in [1.807, 2.05) is 24.3 Å². The van der Waals surface area contributed by atoms with E-state index in [-0.39, 0.29) is 0 Å². The molecule has 0 bridgehead atoms. The molecule has 0 spiro atoms. The standard InChI is InChI=1S/C12H13N3O/c1-16-11-4-2-3-10(5-11)12-14-7-9(6-13)8-15-12/h2-5,7-8H,6,13H2,1H3. The molecule has 0 saturated carbocycles. The van der Waals surface area contributed by atoms with E-state index in [0.717, 1.165) is 16.9 Å². The molecule has 16 heavy (non-hydrogen) atoms. The van der Waals surface area contributed by atoms with Crippen LogP contribution in [0, 0.1) is 0 Å². The van der Waals surface area contributed by atoms with Crippen molar-refractivity contribution in [2.75, 3.05) is 7.11 Å². The smallest absolute Gasteiger partial charge is 0.159 e. The Labute approximate surface area is 94.1 Å². The van der Waals surface area contributed by atoms with Gasteiger partial charge in [-0.2, -0.15) is 0 Å². The molecule has 0 unspecified atom stereocenters. The Morgan fingerprint density at radius 1 is 1.25 bits per heavy atom. The van der Waals surface area contributed by atoms with E-state index in [1.54, 1.807) is 19.5 Å². The maximum absolute atomic E-state index is 5.48. The van der Waals surface area contributed by atoms with Gasteiger partial charge in [0, 0.05) is 30.1 Å². The number of ether oxygens (including phenoxy) is 1. The van der Waals surface area contributed by atoms with Crippen molar-refractivity contribution >= 4 is 0 Å². The molecule has 4 nitrogen and oxygen atoms in total. The Hall–Kier alpha value is -1.94. The van der Waals surface area contributed by atoms with E-state index in [2.05, 4.69) is 9.97 Å². The van der Waals surface area contributed by atoms with Gasteiger partial charge in [-0.05, 0) is 12.1 Å². The topological polar surface area (TPSA) is 61.0 Å². The predicted molar refractivity (Wildman–Crippen MR) is 61.9 cm³/mol. The summed E-state index contributed by atoms with van der Waals surface area (Å²) < 4.78 is 5.15. The number of benzene rings is 1. The van der Waals surface area contributed by atoms with Gasteiger partial charge in [0.25, 0.3) is 0 Å². The van der Waals surface area contributed by atoms with Crippen molar-refractivity contribution in [2.45, 2.75) is 6.54 Å². The Morgan fingerprint density at radius 2 is 2.00 bits per heavy atom. The van der Waals surface area contributed by atoms with E-state index in [9.17, 15) is 0 Å². The summed E-state index contributed by atoms with van der Waals surface area (Å²) in [6, 6.07) is 7.64. The molecule has 0 aliphatic heterocycles. The summed E-state index contributed by atoms with van der Waals surface area (Å²) in [5.41, 5.74) is 7.34. The Morgan fingerprint density at radius 3 is 2.62 bits per heavy atom. The monoisotopic (exact) mass is 215 g/mol. The first-order chi connectivity index (χ1) is 7.83. The molecule has 1 heterocycles. The molecule has 1 aromatic heterocycles. The van der Waals surface area contributed by atoms with Gasteiger partial charge in [0.05, 0.1) is 7.11 Å². The second kappa shape index (κ2) is 4.72. The molecular weight excluding hydrogens is 202 g/mol. The van der Waals surface area contributed by atoms with Gasteiger partial charge in [0.1, 0.15) is 5.75 Å². The van der Waals surface area contributed by atoms with Gasteiger partial charge in [0.15, 0.2) is 5.82 Å².